The minimum absolute atomic E-state index is 0.0555. The van der Waals surface area contributed by atoms with Crippen molar-refractivity contribution >= 4 is 52.4 Å². The minimum Gasteiger partial charge on any atom is -0.476 e. The van der Waals surface area contributed by atoms with Crippen LogP contribution in [0.25, 0.3) is 17.3 Å². The lowest BCUT2D eigenvalue weighted by Gasteiger charge is -2.13. The van der Waals surface area contributed by atoms with E-state index in [4.69, 9.17) is 34.8 Å². The van der Waals surface area contributed by atoms with E-state index in [0.29, 0.717) is 27.2 Å². The number of fused-ring (bicyclic) bond motifs is 1. The molecule has 3 aromatic rings. The molecule has 1 heterocycles. The van der Waals surface area contributed by atoms with Crippen LogP contribution < -0.4 is 0 Å². The van der Waals surface area contributed by atoms with Crippen LogP contribution in [-0.4, -0.2) is 20.9 Å². The van der Waals surface area contributed by atoms with Gasteiger partial charge in [0.15, 0.2) is 5.69 Å². The summed E-state index contributed by atoms with van der Waals surface area (Å²) in [7, 11) is 0. The van der Waals surface area contributed by atoms with Gasteiger partial charge in [-0.15, -0.1) is 0 Å². The fourth-order valence-electron chi connectivity index (χ4n) is 3.65. The van der Waals surface area contributed by atoms with Crippen molar-refractivity contribution in [1.29, 1.82) is 0 Å². The Labute approximate surface area is 183 Å². The Balaban J connectivity index is 1.98. The first-order chi connectivity index (χ1) is 13.9. The average molecular weight is 448 g/mol. The van der Waals surface area contributed by atoms with Crippen LogP contribution in [0.15, 0.2) is 42.5 Å². The maximum absolute atomic E-state index is 11.9. The van der Waals surface area contributed by atoms with E-state index in [1.165, 1.54) is 0 Å². The number of hydrogen-bond acceptors (Lipinski definition) is 2. The molecule has 1 aliphatic rings. The highest BCUT2D eigenvalue weighted by Gasteiger charge is 2.27. The van der Waals surface area contributed by atoms with Crippen LogP contribution in [0.1, 0.15) is 46.6 Å². The van der Waals surface area contributed by atoms with Crippen LogP contribution in [0, 0.1) is 0 Å². The fourth-order valence-corrected chi connectivity index (χ4v) is 4.14. The quantitative estimate of drug-likeness (QED) is 0.449. The highest BCUT2D eigenvalue weighted by atomic mass is 35.5. The number of rotatable bonds is 3. The molecular weight excluding hydrogens is 431 g/mol. The van der Waals surface area contributed by atoms with E-state index >= 15 is 0 Å². The zero-order chi connectivity index (χ0) is 20.5. The van der Waals surface area contributed by atoms with Gasteiger partial charge in [0.25, 0.3) is 0 Å². The van der Waals surface area contributed by atoms with Gasteiger partial charge in [-0.2, -0.15) is 5.10 Å². The summed E-state index contributed by atoms with van der Waals surface area (Å²) in [6.07, 6.45) is 5.35. The molecule has 0 saturated carbocycles. The second-order valence-electron chi connectivity index (χ2n) is 6.92. The van der Waals surface area contributed by atoms with Crippen molar-refractivity contribution in [2.75, 3.05) is 0 Å². The molecule has 1 N–H and O–H groups in total. The van der Waals surface area contributed by atoms with Crippen LogP contribution in [0.2, 0.25) is 15.1 Å². The van der Waals surface area contributed by atoms with Crippen LogP contribution in [0.3, 0.4) is 0 Å². The molecule has 0 fully saturated rings. The molecule has 4 rings (SSSR count). The van der Waals surface area contributed by atoms with Gasteiger partial charge < -0.3 is 5.11 Å². The van der Waals surface area contributed by atoms with Gasteiger partial charge in [-0.1, -0.05) is 46.9 Å². The smallest absolute Gasteiger partial charge is 0.356 e. The Hall–Kier alpha value is -2.27. The largest absolute Gasteiger partial charge is 0.476 e. The number of carboxylic acids is 1. The number of hydrogen-bond donors (Lipinski definition) is 1. The lowest BCUT2D eigenvalue weighted by atomic mass is 10.0. The molecular formula is C22H17Cl3N2O2. The van der Waals surface area contributed by atoms with Crippen molar-refractivity contribution in [2.45, 2.75) is 25.7 Å². The molecule has 0 spiro atoms. The first-order valence-corrected chi connectivity index (χ1v) is 10.3. The number of aromatic carboxylic acids is 1. The third-order valence-electron chi connectivity index (χ3n) is 4.96. The summed E-state index contributed by atoms with van der Waals surface area (Å²) in [6.45, 7) is 0. The van der Waals surface area contributed by atoms with E-state index in [1.54, 1.807) is 22.9 Å². The monoisotopic (exact) mass is 446 g/mol. The van der Waals surface area contributed by atoms with Gasteiger partial charge in [0.1, 0.15) is 0 Å². The van der Waals surface area contributed by atoms with Crippen molar-refractivity contribution in [3.63, 3.8) is 0 Å². The van der Waals surface area contributed by atoms with Gasteiger partial charge in [-0.25, -0.2) is 9.48 Å². The number of aromatic nitrogens is 2. The Morgan fingerprint density at radius 3 is 2.41 bits per heavy atom. The third kappa shape index (κ3) is 4.06. The van der Waals surface area contributed by atoms with Gasteiger partial charge in [-0.3, -0.25) is 0 Å². The molecule has 0 unspecified atom stereocenters. The maximum Gasteiger partial charge on any atom is 0.356 e. The minimum atomic E-state index is -1.05. The second kappa shape index (κ2) is 8.23. The molecule has 1 aliphatic carbocycles. The van der Waals surface area contributed by atoms with Crippen molar-refractivity contribution in [2.24, 2.45) is 0 Å². The maximum atomic E-state index is 11.9. The summed E-state index contributed by atoms with van der Waals surface area (Å²) in [5, 5.41) is 15.8. The number of halogens is 3. The molecule has 4 nitrogen and oxygen atoms in total. The molecule has 0 atom stereocenters. The van der Waals surface area contributed by atoms with E-state index in [1.807, 2.05) is 24.3 Å². The third-order valence-corrected chi connectivity index (χ3v) is 5.77. The van der Waals surface area contributed by atoms with E-state index < -0.39 is 5.97 Å². The highest BCUT2D eigenvalue weighted by Crippen LogP contribution is 2.37. The van der Waals surface area contributed by atoms with Gasteiger partial charge >= 0.3 is 5.97 Å². The van der Waals surface area contributed by atoms with Crippen LogP contribution in [-0.2, 0) is 6.42 Å². The van der Waals surface area contributed by atoms with Crippen molar-refractivity contribution in [1.82, 2.24) is 9.78 Å². The lowest BCUT2D eigenvalue weighted by molar-refractivity contribution is 0.0688. The van der Waals surface area contributed by atoms with Crippen LogP contribution in [0.4, 0.5) is 0 Å². The standard InChI is InChI=1S/C22H17Cl3N2O2/c23-15-7-5-13(6-8-15)11-14-3-1-2-4-17-20(22(28)29)26-27(21(14)17)19-12-16(24)9-10-18(19)25/h5-12H,1-4H2,(H,28,29)/b14-11+. The number of allylic oxidation sites excluding steroid dienone is 1. The van der Waals surface area contributed by atoms with E-state index in [9.17, 15) is 9.90 Å². The molecule has 0 bridgehead atoms. The van der Waals surface area contributed by atoms with E-state index in [-0.39, 0.29) is 5.69 Å². The van der Waals surface area contributed by atoms with Gasteiger partial charge in [-0.05, 0) is 73.2 Å². The highest BCUT2D eigenvalue weighted by molar-refractivity contribution is 6.34. The molecule has 0 aliphatic heterocycles. The zero-order valence-corrected chi connectivity index (χ0v) is 17.6. The topological polar surface area (TPSA) is 55.1 Å². The Morgan fingerprint density at radius 2 is 1.69 bits per heavy atom. The number of carboxylic acid groups (broad SMARTS) is 1. The first kappa shape index (κ1) is 20.0. The average Bonchev–Trinajstić information content (AvgIpc) is 2.95. The summed E-state index contributed by atoms with van der Waals surface area (Å²) in [4.78, 5) is 11.9. The fraction of sp³-hybridized carbons (Fsp3) is 0.182. The number of nitrogens with zero attached hydrogens (tertiary/aromatic N) is 2. The molecule has 7 heteroatoms. The number of carbonyl (C=O) groups is 1. The molecule has 0 amide bonds. The molecule has 148 valence electrons. The predicted octanol–water partition coefficient (Wildman–Crippen LogP) is 6.80. The predicted molar refractivity (Wildman–Crippen MR) is 117 cm³/mol. The normalized spacial score (nSPS) is 15.2. The van der Waals surface area contributed by atoms with Gasteiger partial charge in [0.2, 0.25) is 0 Å². The number of benzene rings is 2. The van der Waals surface area contributed by atoms with Crippen LogP contribution in [0.5, 0.6) is 0 Å². The summed E-state index contributed by atoms with van der Waals surface area (Å²) in [5.74, 6) is -1.05. The molecule has 0 radical (unpaired) electrons. The first-order valence-electron chi connectivity index (χ1n) is 9.21. The Morgan fingerprint density at radius 1 is 1.00 bits per heavy atom. The summed E-state index contributed by atoms with van der Waals surface area (Å²) in [5.41, 5.74) is 4.12. The Kier molecular flexibility index (Phi) is 5.68. The van der Waals surface area contributed by atoms with Crippen molar-refractivity contribution < 1.29 is 9.90 Å². The summed E-state index contributed by atoms with van der Waals surface area (Å²) in [6, 6.07) is 12.6. The summed E-state index contributed by atoms with van der Waals surface area (Å²) < 4.78 is 1.63. The van der Waals surface area contributed by atoms with E-state index in [0.717, 1.165) is 41.7 Å². The van der Waals surface area contributed by atoms with E-state index in [2.05, 4.69) is 11.2 Å². The molecule has 0 saturated heterocycles. The lowest BCUT2D eigenvalue weighted by Crippen LogP contribution is -2.04. The zero-order valence-electron chi connectivity index (χ0n) is 15.3. The van der Waals surface area contributed by atoms with Crippen molar-refractivity contribution in [3.8, 4) is 5.69 Å². The summed E-state index contributed by atoms with van der Waals surface area (Å²) >= 11 is 18.6. The second-order valence-corrected chi connectivity index (χ2v) is 8.20. The molecule has 2 aromatic carbocycles. The SMILES string of the molecule is O=C(O)c1nn(-c2cc(Cl)ccc2Cl)c2c1CCCC/C2=C\c1ccc(Cl)cc1. The van der Waals surface area contributed by atoms with Crippen molar-refractivity contribution in [3.05, 3.63) is 80.0 Å². The van der Waals surface area contributed by atoms with Gasteiger partial charge in [0.05, 0.1) is 16.4 Å². The van der Waals surface area contributed by atoms with Gasteiger partial charge in [0, 0.05) is 15.6 Å². The molecule has 1 aromatic heterocycles. The Bertz CT molecular complexity index is 1120. The van der Waals surface area contributed by atoms with Crippen LogP contribution >= 0.6 is 34.8 Å². The molecule has 29 heavy (non-hydrogen) atoms.